The number of hydrogen-bond donors (Lipinski definition) is 2. The Morgan fingerprint density at radius 2 is 2.19 bits per heavy atom. The summed E-state index contributed by atoms with van der Waals surface area (Å²) in [7, 11) is 0. The van der Waals surface area contributed by atoms with Crippen molar-refractivity contribution in [2.75, 3.05) is 0 Å². The van der Waals surface area contributed by atoms with Crippen LogP contribution in [0.1, 0.15) is 20.1 Å². The summed E-state index contributed by atoms with van der Waals surface area (Å²) in [6, 6.07) is 7.84. The molecule has 0 saturated heterocycles. The molecule has 0 aliphatic carbocycles. The Morgan fingerprint density at radius 3 is 2.86 bits per heavy atom. The molecular weight excluding hydrogens is 294 g/mol. The average Bonchev–Trinajstić information content (AvgIpc) is 2.94. The third-order valence-corrected chi connectivity index (χ3v) is 3.83. The minimum atomic E-state index is -0.471. The van der Waals surface area contributed by atoms with Crippen molar-refractivity contribution in [1.82, 2.24) is 5.43 Å². The molecule has 0 aliphatic heterocycles. The molecule has 1 aromatic heterocycles. The van der Waals surface area contributed by atoms with Crippen molar-refractivity contribution in [1.29, 1.82) is 0 Å². The summed E-state index contributed by atoms with van der Waals surface area (Å²) < 4.78 is 5.58. The van der Waals surface area contributed by atoms with Crippen molar-refractivity contribution in [3.63, 3.8) is 0 Å². The zero-order valence-electron chi connectivity index (χ0n) is 11.2. The lowest BCUT2D eigenvalue weighted by Gasteiger charge is -2.07. The number of nitrogen functional groups attached to an aromatic ring is 1. The second-order valence-electron chi connectivity index (χ2n) is 4.24. The van der Waals surface area contributed by atoms with Gasteiger partial charge in [0, 0.05) is 10.9 Å². The zero-order valence-corrected chi connectivity index (χ0v) is 12.0. The van der Waals surface area contributed by atoms with Crippen LogP contribution < -0.4 is 16.0 Å². The summed E-state index contributed by atoms with van der Waals surface area (Å²) in [5, 5.41) is 10.7. The van der Waals surface area contributed by atoms with Gasteiger partial charge in [0.25, 0.3) is 11.6 Å². The molecular formula is C13H13N3O4S. The number of non-ortho nitro benzene ring substituents is 1. The molecule has 0 unspecified atom stereocenters. The molecule has 0 fully saturated rings. The van der Waals surface area contributed by atoms with Crippen molar-refractivity contribution < 1.29 is 14.5 Å². The maximum atomic E-state index is 11.3. The van der Waals surface area contributed by atoms with E-state index in [2.05, 4.69) is 5.43 Å². The Labute approximate surface area is 124 Å². The quantitative estimate of drug-likeness (QED) is 0.381. The molecule has 0 bridgehead atoms. The Balaban J connectivity index is 2.09. The Morgan fingerprint density at radius 1 is 1.43 bits per heavy atom. The van der Waals surface area contributed by atoms with Gasteiger partial charge in [0.2, 0.25) is 0 Å². The summed E-state index contributed by atoms with van der Waals surface area (Å²) in [6.45, 7) is 2.03. The topological polar surface area (TPSA) is 107 Å². The van der Waals surface area contributed by atoms with Crippen LogP contribution in [0.4, 0.5) is 5.69 Å². The van der Waals surface area contributed by atoms with Gasteiger partial charge in [-0.3, -0.25) is 20.3 Å². The van der Waals surface area contributed by atoms with E-state index in [1.165, 1.54) is 23.5 Å². The number of ether oxygens (including phenoxy) is 1. The SMILES string of the molecule is Cc1ccc([N+](=O)[O-])cc1OCc1ccc(C(=O)NN)s1. The number of nitro groups is 1. The number of nitrogens with two attached hydrogens (primary N) is 1. The van der Waals surface area contributed by atoms with Gasteiger partial charge in [0.05, 0.1) is 15.9 Å². The van der Waals surface area contributed by atoms with Gasteiger partial charge in [-0.05, 0) is 30.7 Å². The highest BCUT2D eigenvalue weighted by Gasteiger charge is 2.11. The number of nitrogens with one attached hydrogen (secondary N) is 1. The highest BCUT2D eigenvalue weighted by Crippen LogP contribution is 2.26. The van der Waals surface area contributed by atoms with Crippen molar-refractivity contribution in [2.45, 2.75) is 13.5 Å². The van der Waals surface area contributed by atoms with Crippen molar-refractivity contribution in [2.24, 2.45) is 5.84 Å². The summed E-state index contributed by atoms with van der Waals surface area (Å²) >= 11 is 1.25. The maximum absolute atomic E-state index is 11.3. The average molecular weight is 307 g/mol. The Hall–Kier alpha value is -2.45. The molecule has 1 aromatic carbocycles. The van der Waals surface area contributed by atoms with Crippen molar-refractivity contribution in [3.05, 3.63) is 55.8 Å². The van der Waals surface area contributed by atoms with Crippen molar-refractivity contribution in [3.8, 4) is 5.75 Å². The van der Waals surface area contributed by atoms with Gasteiger partial charge in [-0.2, -0.15) is 0 Å². The first-order valence-electron chi connectivity index (χ1n) is 5.98. The van der Waals surface area contributed by atoms with E-state index in [1.54, 1.807) is 25.1 Å². The number of hydrazine groups is 1. The highest BCUT2D eigenvalue weighted by molar-refractivity contribution is 7.14. The van der Waals surface area contributed by atoms with E-state index in [0.717, 1.165) is 10.4 Å². The van der Waals surface area contributed by atoms with E-state index >= 15 is 0 Å². The number of carbonyl (C=O) groups is 1. The monoisotopic (exact) mass is 307 g/mol. The van der Waals surface area contributed by atoms with E-state index in [-0.39, 0.29) is 18.2 Å². The minimum Gasteiger partial charge on any atom is -0.488 e. The second-order valence-corrected chi connectivity index (χ2v) is 5.40. The number of nitro benzene ring substituents is 1. The van der Waals surface area contributed by atoms with Gasteiger partial charge in [-0.15, -0.1) is 11.3 Å². The van der Waals surface area contributed by atoms with Crippen molar-refractivity contribution >= 4 is 22.9 Å². The number of benzene rings is 1. The lowest BCUT2D eigenvalue weighted by molar-refractivity contribution is -0.385. The molecule has 0 atom stereocenters. The Kier molecular flexibility index (Phi) is 4.51. The van der Waals surface area contributed by atoms with Crippen LogP contribution in [0.5, 0.6) is 5.75 Å². The standard InChI is InChI=1S/C13H13N3O4S/c1-8-2-3-9(16(18)19)6-11(8)20-7-10-4-5-12(21-10)13(17)15-14/h2-6H,7,14H2,1H3,(H,15,17). The van der Waals surface area contributed by atoms with Crippen LogP contribution in [0.3, 0.4) is 0 Å². The Bertz CT molecular complexity index is 684. The molecule has 7 nitrogen and oxygen atoms in total. The lowest BCUT2D eigenvalue weighted by atomic mass is 10.2. The highest BCUT2D eigenvalue weighted by atomic mass is 32.1. The minimum absolute atomic E-state index is 0.0232. The summed E-state index contributed by atoms with van der Waals surface area (Å²) in [5.74, 6) is 5.14. The molecule has 110 valence electrons. The second kappa shape index (κ2) is 6.33. The molecule has 2 rings (SSSR count). The molecule has 0 saturated carbocycles. The summed E-state index contributed by atoms with van der Waals surface area (Å²) in [6.07, 6.45) is 0. The first-order valence-corrected chi connectivity index (χ1v) is 6.80. The van der Waals surface area contributed by atoms with Crippen LogP contribution in [-0.4, -0.2) is 10.8 Å². The van der Waals surface area contributed by atoms with Gasteiger partial charge in [-0.1, -0.05) is 0 Å². The normalized spacial score (nSPS) is 10.2. The fourth-order valence-electron chi connectivity index (χ4n) is 1.66. The smallest absolute Gasteiger partial charge is 0.275 e. The van der Waals surface area contributed by atoms with E-state index in [0.29, 0.717) is 10.6 Å². The van der Waals surface area contributed by atoms with Crippen LogP contribution in [0, 0.1) is 17.0 Å². The third kappa shape index (κ3) is 3.56. The molecule has 0 radical (unpaired) electrons. The fraction of sp³-hybridized carbons (Fsp3) is 0.154. The van der Waals surface area contributed by atoms with Gasteiger partial charge in [0.1, 0.15) is 12.4 Å². The number of nitrogens with zero attached hydrogens (tertiary/aromatic N) is 1. The molecule has 1 heterocycles. The molecule has 3 N–H and O–H groups in total. The third-order valence-electron chi connectivity index (χ3n) is 2.77. The molecule has 0 aliphatic rings. The summed E-state index contributed by atoms with van der Waals surface area (Å²) in [5.41, 5.74) is 2.83. The van der Waals surface area contributed by atoms with Gasteiger partial charge in [0.15, 0.2) is 0 Å². The fourth-order valence-corrected chi connectivity index (χ4v) is 2.48. The van der Waals surface area contributed by atoms with E-state index in [9.17, 15) is 14.9 Å². The van der Waals surface area contributed by atoms with Crippen LogP contribution in [0.15, 0.2) is 30.3 Å². The largest absolute Gasteiger partial charge is 0.488 e. The van der Waals surface area contributed by atoms with Crippen LogP contribution in [-0.2, 0) is 6.61 Å². The molecule has 1 amide bonds. The lowest BCUT2D eigenvalue weighted by Crippen LogP contribution is -2.29. The molecule has 21 heavy (non-hydrogen) atoms. The van der Waals surface area contributed by atoms with Gasteiger partial charge < -0.3 is 4.74 Å². The van der Waals surface area contributed by atoms with Crippen LogP contribution in [0.2, 0.25) is 0 Å². The van der Waals surface area contributed by atoms with E-state index in [1.807, 2.05) is 0 Å². The number of carbonyl (C=O) groups excluding carboxylic acids is 1. The van der Waals surface area contributed by atoms with Crippen LogP contribution >= 0.6 is 11.3 Å². The number of hydrogen-bond acceptors (Lipinski definition) is 6. The number of aryl methyl sites for hydroxylation is 1. The van der Waals surface area contributed by atoms with Crippen LogP contribution in [0.25, 0.3) is 0 Å². The zero-order chi connectivity index (χ0) is 15.4. The molecule has 8 heteroatoms. The first kappa shape index (κ1) is 14.9. The van der Waals surface area contributed by atoms with E-state index in [4.69, 9.17) is 10.6 Å². The molecule has 2 aromatic rings. The maximum Gasteiger partial charge on any atom is 0.275 e. The van der Waals surface area contributed by atoms with Gasteiger partial charge >= 0.3 is 0 Å². The number of amides is 1. The summed E-state index contributed by atoms with van der Waals surface area (Å²) in [4.78, 5) is 22.9. The number of rotatable bonds is 5. The van der Waals surface area contributed by atoms with E-state index < -0.39 is 4.92 Å². The predicted octanol–water partition coefficient (Wildman–Crippen LogP) is 2.15. The number of thiophene rings is 1. The van der Waals surface area contributed by atoms with Gasteiger partial charge in [-0.25, -0.2) is 5.84 Å². The first-order chi connectivity index (χ1) is 10.0. The predicted molar refractivity (Wildman–Crippen MR) is 78.1 cm³/mol. The molecule has 0 spiro atoms.